The number of rotatable bonds is 15. The number of nitrogens with zero attached hydrogens (tertiary/aromatic N) is 1. The van der Waals surface area contributed by atoms with Gasteiger partial charge in [-0.2, -0.15) is 0 Å². The van der Waals surface area contributed by atoms with Crippen molar-refractivity contribution in [3.05, 3.63) is 0 Å². The van der Waals surface area contributed by atoms with Crippen LogP contribution in [0.1, 0.15) is 25.7 Å². The molecule has 0 aromatic heterocycles. The number of hydrogen-bond donors (Lipinski definition) is 9. The van der Waals surface area contributed by atoms with E-state index in [1.165, 1.54) is 0 Å². The Morgan fingerprint density at radius 2 is 1.28 bits per heavy atom. The summed E-state index contributed by atoms with van der Waals surface area (Å²) < 4.78 is 0. The number of carboxylic acids is 3. The summed E-state index contributed by atoms with van der Waals surface area (Å²) in [5, 5.41) is 32.5. The summed E-state index contributed by atoms with van der Waals surface area (Å²) in [6, 6.07) is -4.55. The molecule has 0 aliphatic heterocycles. The van der Waals surface area contributed by atoms with Crippen LogP contribution in [0, 0.1) is 0 Å². The van der Waals surface area contributed by atoms with Crippen molar-refractivity contribution in [3.8, 4) is 0 Å². The van der Waals surface area contributed by atoms with Crippen LogP contribution in [-0.2, 0) is 28.8 Å². The van der Waals surface area contributed by atoms with Crippen LogP contribution in [0.4, 0.5) is 0 Å². The average molecular weight is 461 g/mol. The van der Waals surface area contributed by atoms with Crippen molar-refractivity contribution >= 4 is 41.6 Å². The van der Waals surface area contributed by atoms with E-state index in [-0.39, 0.29) is 18.9 Å². The van der Waals surface area contributed by atoms with Gasteiger partial charge in [-0.15, -0.1) is 0 Å². The van der Waals surface area contributed by atoms with Gasteiger partial charge in [0.15, 0.2) is 5.96 Å². The molecule has 0 aromatic rings. The van der Waals surface area contributed by atoms with E-state index in [1.54, 1.807) is 0 Å². The predicted molar refractivity (Wildman–Crippen MR) is 107 cm³/mol. The Labute approximate surface area is 181 Å². The lowest BCUT2D eigenvalue weighted by Crippen LogP contribution is -2.56. The Balaban J connectivity index is 5.18. The summed E-state index contributed by atoms with van der Waals surface area (Å²) in [4.78, 5) is 72.9. The largest absolute Gasteiger partial charge is 0.481 e. The fourth-order valence-corrected chi connectivity index (χ4v) is 2.26. The molecule has 32 heavy (non-hydrogen) atoms. The third-order valence-electron chi connectivity index (χ3n) is 3.74. The topological polar surface area (TPSA) is 290 Å². The molecule has 0 fully saturated rings. The van der Waals surface area contributed by atoms with Crippen LogP contribution in [0.25, 0.3) is 0 Å². The van der Waals surface area contributed by atoms with Crippen LogP contribution in [0.2, 0.25) is 0 Å². The normalized spacial score (nSPS) is 13.0. The zero-order valence-electron chi connectivity index (χ0n) is 16.9. The van der Waals surface area contributed by atoms with Crippen molar-refractivity contribution in [1.29, 1.82) is 0 Å². The molecule has 0 saturated heterocycles. The lowest BCUT2D eigenvalue weighted by Gasteiger charge is -2.22. The van der Waals surface area contributed by atoms with Gasteiger partial charge in [0.2, 0.25) is 17.7 Å². The molecular formula is C16H27N7O9. The number of guanidine groups is 1. The Kier molecular flexibility index (Phi) is 12.4. The number of carbonyl (C=O) groups is 6. The summed E-state index contributed by atoms with van der Waals surface area (Å²) >= 11 is 0. The first-order valence-corrected chi connectivity index (χ1v) is 9.18. The Bertz CT molecular complexity index is 752. The van der Waals surface area contributed by atoms with E-state index in [9.17, 15) is 28.8 Å². The van der Waals surface area contributed by atoms with E-state index in [0.29, 0.717) is 6.42 Å². The molecule has 0 bridgehead atoms. The Morgan fingerprint density at radius 1 is 0.781 bits per heavy atom. The molecule has 12 N–H and O–H groups in total. The highest BCUT2D eigenvalue weighted by molar-refractivity contribution is 5.96. The van der Waals surface area contributed by atoms with Gasteiger partial charge in [0.25, 0.3) is 0 Å². The molecule has 0 aliphatic carbocycles. The lowest BCUT2D eigenvalue weighted by atomic mass is 10.1. The van der Waals surface area contributed by atoms with E-state index >= 15 is 0 Å². The van der Waals surface area contributed by atoms with E-state index in [1.807, 2.05) is 10.6 Å². The fraction of sp³-hybridized carbons (Fsp3) is 0.562. The van der Waals surface area contributed by atoms with E-state index in [2.05, 4.69) is 10.3 Å². The van der Waals surface area contributed by atoms with E-state index in [0.717, 1.165) is 0 Å². The predicted octanol–water partition coefficient (Wildman–Crippen LogP) is -4.51. The minimum atomic E-state index is -1.72. The highest BCUT2D eigenvalue weighted by Crippen LogP contribution is 2.01. The number of aliphatic imine (C=N–C) groups is 1. The van der Waals surface area contributed by atoms with Gasteiger partial charge in [0.1, 0.15) is 18.6 Å². The van der Waals surface area contributed by atoms with Crippen LogP contribution in [-0.4, -0.2) is 88.1 Å². The van der Waals surface area contributed by atoms with Gasteiger partial charge in [-0.3, -0.25) is 33.8 Å². The average Bonchev–Trinajstić information content (AvgIpc) is 2.67. The van der Waals surface area contributed by atoms with Crippen molar-refractivity contribution in [1.82, 2.24) is 16.0 Å². The fourth-order valence-electron chi connectivity index (χ4n) is 2.26. The van der Waals surface area contributed by atoms with Crippen molar-refractivity contribution in [3.63, 3.8) is 0 Å². The second-order valence-electron chi connectivity index (χ2n) is 6.48. The molecule has 0 aliphatic rings. The molecule has 180 valence electrons. The third kappa shape index (κ3) is 12.6. The number of nitrogens with two attached hydrogens (primary N) is 3. The second-order valence-corrected chi connectivity index (χ2v) is 6.48. The van der Waals surface area contributed by atoms with Crippen molar-refractivity contribution in [2.45, 2.75) is 43.8 Å². The minimum Gasteiger partial charge on any atom is -0.481 e. The van der Waals surface area contributed by atoms with Crippen molar-refractivity contribution in [2.75, 3.05) is 13.1 Å². The maximum atomic E-state index is 12.4. The first kappa shape index (κ1) is 28.0. The van der Waals surface area contributed by atoms with Gasteiger partial charge in [-0.25, -0.2) is 0 Å². The van der Waals surface area contributed by atoms with Gasteiger partial charge in [-0.1, -0.05) is 0 Å². The number of hydrogen-bond acceptors (Lipinski definition) is 8. The van der Waals surface area contributed by atoms with Crippen LogP contribution in [0.3, 0.4) is 0 Å². The molecule has 3 unspecified atom stereocenters. The third-order valence-corrected chi connectivity index (χ3v) is 3.74. The number of nitrogens with one attached hydrogen (secondary N) is 3. The Hall–Kier alpha value is -3.95. The summed E-state index contributed by atoms with van der Waals surface area (Å²) in [5.74, 6) is -7.71. The van der Waals surface area contributed by atoms with E-state index < -0.39 is 73.1 Å². The zero-order valence-corrected chi connectivity index (χ0v) is 16.9. The summed E-state index contributed by atoms with van der Waals surface area (Å²) in [7, 11) is 0. The zero-order chi connectivity index (χ0) is 24.8. The molecule has 0 aromatic carbocycles. The SMILES string of the molecule is NC(N)=NCCCC(N)C(=O)NC(CC(=O)O)C(=O)NC(CC(=O)O)C(=O)NCC(=O)O. The van der Waals surface area contributed by atoms with Gasteiger partial charge < -0.3 is 48.5 Å². The summed E-state index contributed by atoms with van der Waals surface area (Å²) in [6.07, 6.45) is -1.40. The van der Waals surface area contributed by atoms with Crippen molar-refractivity contribution in [2.24, 2.45) is 22.2 Å². The van der Waals surface area contributed by atoms with Gasteiger partial charge in [-0.05, 0) is 12.8 Å². The molecule has 0 spiro atoms. The molecule has 3 amide bonds. The molecule has 0 rings (SSSR count). The lowest BCUT2D eigenvalue weighted by molar-refractivity contribution is -0.143. The molecule has 16 nitrogen and oxygen atoms in total. The smallest absolute Gasteiger partial charge is 0.322 e. The van der Waals surface area contributed by atoms with Gasteiger partial charge in [0, 0.05) is 6.54 Å². The molecule has 0 radical (unpaired) electrons. The van der Waals surface area contributed by atoms with E-state index in [4.69, 9.17) is 32.5 Å². The number of amides is 3. The Morgan fingerprint density at radius 3 is 1.75 bits per heavy atom. The van der Waals surface area contributed by atoms with Crippen LogP contribution >= 0.6 is 0 Å². The van der Waals surface area contributed by atoms with Crippen LogP contribution in [0.15, 0.2) is 4.99 Å². The molecule has 0 saturated carbocycles. The highest BCUT2D eigenvalue weighted by Gasteiger charge is 2.30. The number of carboxylic acid groups (broad SMARTS) is 3. The quantitative estimate of drug-likeness (QED) is 0.0633. The monoisotopic (exact) mass is 461 g/mol. The second kappa shape index (κ2) is 14.1. The number of aliphatic carboxylic acids is 3. The van der Waals surface area contributed by atoms with Gasteiger partial charge in [0.05, 0.1) is 18.9 Å². The van der Waals surface area contributed by atoms with Gasteiger partial charge >= 0.3 is 17.9 Å². The maximum absolute atomic E-state index is 12.4. The van der Waals surface area contributed by atoms with Crippen LogP contribution in [0.5, 0.6) is 0 Å². The molecule has 0 heterocycles. The summed E-state index contributed by atoms with van der Waals surface area (Å²) in [5.41, 5.74) is 16.0. The maximum Gasteiger partial charge on any atom is 0.322 e. The van der Waals surface area contributed by atoms with Crippen LogP contribution < -0.4 is 33.2 Å². The first-order valence-electron chi connectivity index (χ1n) is 9.18. The molecule has 16 heteroatoms. The summed E-state index contributed by atoms with van der Waals surface area (Å²) in [6.45, 7) is -0.653. The minimum absolute atomic E-state index is 0.100. The van der Waals surface area contributed by atoms with Crippen molar-refractivity contribution < 1.29 is 44.1 Å². The first-order chi connectivity index (χ1) is 14.8. The standard InChI is InChI=1S/C16H27N7O9/c17-7(2-1-3-20-16(18)19)13(30)22-9(5-11(26)27)15(32)23-8(4-10(24)25)14(31)21-6-12(28)29/h7-9H,1-6,17H2,(H,21,31)(H,22,30)(H,23,32)(H,24,25)(H,26,27)(H,28,29)(H4,18,19,20). The molecular weight excluding hydrogens is 434 g/mol. The number of carbonyl (C=O) groups excluding carboxylic acids is 3. The highest BCUT2D eigenvalue weighted by atomic mass is 16.4. The molecule has 3 atom stereocenters.